The lowest BCUT2D eigenvalue weighted by atomic mass is 10.1. The molecule has 1 aromatic heterocycles. The summed E-state index contributed by atoms with van der Waals surface area (Å²) in [5, 5.41) is 0. The molecular weight excluding hydrogens is 190 g/mol. The molecule has 0 fully saturated rings. The molecule has 84 valence electrons. The molecule has 2 atom stereocenters. The van der Waals surface area contributed by atoms with Crippen LogP contribution in [-0.2, 0) is 11.2 Å². The monoisotopic (exact) mass is 209 g/mol. The van der Waals surface area contributed by atoms with Crippen LogP contribution in [0.15, 0.2) is 24.4 Å². The van der Waals surface area contributed by atoms with Gasteiger partial charge in [0.15, 0.2) is 0 Å². The van der Waals surface area contributed by atoms with Gasteiger partial charge in [0.2, 0.25) is 0 Å². The lowest BCUT2D eigenvalue weighted by Gasteiger charge is -2.18. The van der Waals surface area contributed by atoms with Crippen LogP contribution in [0.2, 0.25) is 0 Å². The predicted octanol–water partition coefficient (Wildman–Crippen LogP) is 0.881. The van der Waals surface area contributed by atoms with Crippen LogP contribution >= 0.6 is 0 Å². The Morgan fingerprint density at radius 1 is 1.53 bits per heavy atom. The fourth-order valence-electron chi connectivity index (χ4n) is 1.48. The molecule has 4 heteroatoms. The predicted molar refractivity (Wildman–Crippen MR) is 60.1 cm³/mol. The van der Waals surface area contributed by atoms with E-state index in [0.717, 1.165) is 18.5 Å². The van der Waals surface area contributed by atoms with E-state index in [4.69, 9.17) is 10.6 Å². The molecule has 0 bridgehead atoms. The Morgan fingerprint density at radius 2 is 2.33 bits per heavy atom. The molecule has 3 N–H and O–H groups in total. The lowest BCUT2D eigenvalue weighted by molar-refractivity contribution is 0.100. The molecule has 0 saturated carbocycles. The Balaban J connectivity index is 2.47. The van der Waals surface area contributed by atoms with Crippen molar-refractivity contribution in [1.29, 1.82) is 0 Å². The molecule has 1 aromatic rings. The number of ether oxygens (including phenoxy) is 1. The Hall–Kier alpha value is -0.970. The van der Waals surface area contributed by atoms with Crippen LogP contribution in [0, 0.1) is 0 Å². The highest BCUT2D eigenvalue weighted by Gasteiger charge is 2.12. The topological polar surface area (TPSA) is 60.2 Å². The third kappa shape index (κ3) is 4.38. The summed E-state index contributed by atoms with van der Waals surface area (Å²) in [4.78, 5) is 4.26. The van der Waals surface area contributed by atoms with E-state index in [0.29, 0.717) is 0 Å². The van der Waals surface area contributed by atoms with E-state index in [9.17, 15) is 0 Å². The molecule has 0 aliphatic rings. The second-order valence-corrected chi connectivity index (χ2v) is 3.67. The number of aromatic nitrogens is 1. The molecule has 0 spiro atoms. The quantitative estimate of drug-likeness (QED) is 0.539. The van der Waals surface area contributed by atoms with Crippen molar-refractivity contribution in [3.63, 3.8) is 0 Å². The first-order valence-electron chi connectivity index (χ1n) is 5.15. The second kappa shape index (κ2) is 6.50. The Morgan fingerprint density at radius 3 is 2.87 bits per heavy atom. The molecule has 0 aliphatic heterocycles. The van der Waals surface area contributed by atoms with Crippen LogP contribution in [0.1, 0.15) is 19.0 Å². The zero-order valence-corrected chi connectivity index (χ0v) is 9.31. The summed E-state index contributed by atoms with van der Waals surface area (Å²) in [6.07, 6.45) is 3.70. The number of hydrogen-bond acceptors (Lipinski definition) is 4. The van der Waals surface area contributed by atoms with Gasteiger partial charge in [-0.3, -0.25) is 16.3 Å². The Bertz CT molecular complexity index is 266. The van der Waals surface area contributed by atoms with Gasteiger partial charge in [-0.05, 0) is 25.5 Å². The number of methoxy groups -OCH3 is 1. The normalized spacial score (nSPS) is 14.9. The zero-order chi connectivity index (χ0) is 11.1. The number of hydrazine groups is 1. The number of pyridine rings is 1. The minimum absolute atomic E-state index is 0.203. The van der Waals surface area contributed by atoms with Gasteiger partial charge in [0, 0.05) is 31.5 Å². The van der Waals surface area contributed by atoms with Crippen molar-refractivity contribution in [1.82, 2.24) is 10.4 Å². The molecule has 0 saturated heterocycles. The largest absolute Gasteiger partial charge is 0.382 e. The summed E-state index contributed by atoms with van der Waals surface area (Å²) >= 11 is 0. The number of hydrogen-bond donors (Lipinski definition) is 2. The first-order chi connectivity index (χ1) is 7.26. The van der Waals surface area contributed by atoms with Crippen LogP contribution in [0.25, 0.3) is 0 Å². The molecule has 0 aromatic carbocycles. The van der Waals surface area contributed by atoms with E-state index in [1.165, 1.54) is 0 Å². The maximum absolute atomic E-state index is 5.49. The summed E-state index contributed by atoms with van der Waals surface area (Å²) in [6, 6.07) is 6.10. The van der Waals surface area contributed by atoms with E-state index < -0.39 is 0 Å². The summed E-state index contributed by atoms with van der Waals surface area (Å²) in [5.41, 5.74) is 3.84. The fraction of sp³-hybridized carbons (Fsp3) is 0.545. The summed E-state index contributed by atoms with van der Waals surface area (Å²) in [6.45, 7) is 2.03. The van der Waals surface area contributed by atoms with Crippen molar-refractivity contribution in [2.75, 3.05) is 7.11 Å². The third-order valence-electron chi connectivity index (χ3n) is 2.44. The van der Waals surface area contributed by atoms with Crippen molar-refractivity contribution in [2.24, 2.45) is 5.84 Å². The van der Waals surface area contributed by atoms with Crippen molar-refractivity contribution < 1.29 is 4.74 Å². The molecule has 4 nitrogen and oxygen atoms in total. The van der Waals surface area contributed by atoms with E-state index >= 15 is 0 Å². The maximum Gasteiger partial charge on any atom is 0.0558 e. The Labute approximate surface area is 90.8 Å². The summed E-state index contributed by atoms with van der Waals surface area (Å²) < 4.78 is 5.20. The summed E-state index contributed by atoms with van der Waals surface area (Å²) in [5.74, 6) is 5.49. The summed E-state index contributed by atoms with van der Waals surface area (Å²) in [7, 11) is 1.71. The molecular formula is C11H19N3O. The van der Waals surface area contributed by atoms with E-state index in [2.05, 4.69) is 10.4 Å². The van der Waals surface area contributed by atoms with Crippen LogP contribution < -0.4 is 11.3 Å². The zero-order valence-electron chi connectivity index (χ0n) is 9.31. The molecule has 15 heavy (non-hydrogen) atoms. The van der Waals surface area contributed by atoms with Crippen LogP contribution in [-0.4, -0.2) is 24.2 Å². The van der Waals surface area contributed by atoms with Gasteiger partial charge in [-0.1, -0.05) is 6.07 Å². The molecule has 1 heterocycles. The first kappa shape index (κ1) is 12.1. The van der Waals surface area contributed by atoms with Gasteiger partial charge in [-0.2, -0.15) is 0 Å². The van der Waals surface area contributed by atoms with Gasteiger partial charge in [-0.15, -0.1) is 0 Å². The van der Waals surface area contributed by atoms with Gasteiger partial charge in [0.05, 0.1) is 6.10 Å². The van der Waals surface area contributed by atoms with Crippen LogP contribution in [0.3, 0.4) is 0 Å². The Kier molecular flexibility index (Phi) is 5.25. The van der Waals surface area contributed by atoms with Gasteiger partial charge in [-0.25, -0.2) is 0 Å². The van der Waals surface area contributed by atoms with Gasteiger partial charge in [0.25, 0.3) is 0 Å². The van der Waals surface area contributed by atoms with Gasteiger partial charge < -0.3 is 4.74 Å². The molecule has 1 rings (SSSR count). The maximum atomic E-state index is 5.49. The van der Waals surface area contributed by atoms with Crippen molar-refractivity contribution in [3.8, 4) is 0 Å². The highest BCUT2D eigenvalue weighted by atomic mass is 16.5. The van der Waals surface area contributed by atoms with Crippen LogP contribution in [0.5, 0.6) is 0 Å². The molecule has 2 unspecified atom stereocenters. The van der Waals surface area contributed by atoms with E-state index in [1.807, 2.05) is 25.1 Å². The number of nitrogens with zero attached hydrogens (tertiary/aromatic N) is 1. The standard InChI is InChI=1S/C11H19N3O/c1-9(15-2)7-11(14-12)8-10-5-3-4-6-13-10/h3-6,9,11,14H,7-8,12H2,1-2H3. The molecule has 0 aliphatic carbocycles. The van der Waals surface area contributed by atoms with E-state index in [-0.39, 0.29) is 12.1 Å². The van der Waals surface area contributed by atoms with E-state index in [1.54, 1.807) is 13.3 Å². The number of nitrogens with one attached hydrogen (secondary N) is 1. The van der Waals surface area contributed by atoms with Crippen molar-refractivity contribution in [3.05, 3.63) is 30.1 Å². The minimum Gasteiger partial charge on any atom is -0.382 e. The first-order valence-corrected chi connectivity index (χ1v) is 5.15. The average molecular weight is 209 g/mol. The number of rotatable bonds is 6. The lowest BCUT2D eigenvalue weighted by Crippen LogP contribution is -2.39. The third-order valence-corrected chi connectivity index (χ3v) is 2.44. The van der Waals surface area contributed by atoms with Crippen molar-refractivity contribution in [2.45, 2.75) is 31.9 Å². The van der Waals surface area contributed by atoms with Gasteiger partial charge >= 0.3 is 0 Å². The van der Waals surface area contributed by atoms with Crippen molar-refractivity contribution >= 4 is 0 Å². The fourth-order valence-corrected chi connectivity index (χ4v) is 1.48. The highest BCUT2D eigenvalue weighted by Crippen LogP contribution is 2.06. The SMILES string of the molecule is COC(C)CC(Cc1ccccn1)NN. The highest BCUT2D eigenvalue weighted by molar-refractivity contribution is 5.05. The average Bonchev–Trinajstić information content (AvgIpc) is 2.29. The number of nitrogens with two attached hydrogens (primary N) is 1. The molecule has 0 radical (unpaired) electrons. The minimum atomic E-state index is 0.203. The molecule has 0 amide bonds. The second-order valence-electron chi connectivity index (χ2n) is 3.67. The smallest absolute Gasteiger partial charge is 0.0558 e. The van der Waals surface area contributed by atoms with Crippen LogP contribution in [0.4, 0.5) is 0 Å². The van der Waals surface area contributed by atoms with Gasteiger partial charge in [0.1, 0.15) is 0 Å².